The minimum absolute atomic E-state index is 0.234. The summed E-state index contributed by atoms with van der Waals surface area (Å²) in [6, 6.07) is 0.480. The van der Waals surface area contributed by atoms with E-state index in [1.165, 1.54) is 0 Å². The number of nitrogens with two attached hydrogens (primary N) is 1. The van der Waals surface area contributed by atoms with Crippen LogP contribution < -0.4 is 11.1 Å². The molecule has 0 saturated carbocycles. The lowest BCUT2D eigenvalue weighted by molar-refractivity contribution is 0.607. The first-order chi connectivity index (χ1) is 6.70. The molecule has 1 aromatic heterocycles. The van der Waals surface area contributed by atoms with Crippen molar-refractivity contribution in [3.63, 3.8) is 0 Å². The van der Waals surface area contributed by atoms with Crippen molar-refractivity contribution in [2.75, 3.05) is 11.1 Å². The molecule has 4 nitrogen and oxygen atoms in total. The molecule has 3 N–H and O–H groups in total. The molecule has 0 aromatic carbocycles. The Kier molecular flexibility index (Phi) is 2.46. The molecule has 1 aliphatic heterocycles. The average molecular weight is 213 g/mol. The average Bonchev–Trinajstić information content (AvgIpc) is 2.16. The summed E-state index contributed by atoms with van der Waals surface area (Å²) in [6.45, 7) is 2.15. The van der Waals surface area contributed by atoms with Crippen molar-refractivity contribution >= 4 is 23.4 Å². The number of aromatic nitrogens is 2. The van der Waals surface area contributed by atoms with Gasteiger partial charge in [0.25, 0.3) is 0 Å². The number of nitrogens with zero attached hydrogens (tertiary/aromatic N) is 2. The highest BCUT2D eigenvalue weighted by Gasteiger charge is 2.20. The zero-order chi connectivity index (χ0) is 10.1. The molecule has 0 saturated heterocycles. The van der Waals surface area contributed by atoms with Crippen LogP contribution in [0.5, 0.6) is 0 Å². The van der Waals surface area contributed by atoms with Gasteiger partial charge in [-0.1, -0.05) is 18.5 Å². The van der Waals surface area contributed by atoms with E-state index < -0.39 is 0 Å². The molecule has 76 valence electrons. The summed E-state index contributed by atoms with van der Waals surface area (Å²) in [5.41, 5.74) is 6.51. The van der Waals surface area contributed by atoms with Crippen LogP contribution in [0, 0.1) is 0 Å². The molecule has 0 spiro atoms. The molecule has 0 fully saturated rings. The van der Waals surface area contributed by atoms with Gasteiger partial charge in [0.1, 0.15) is 11.0 Å². The Bertz CT molecular complexity index is 353. The molecule has 2 rings (SSSR count). The van der Waals surface area contributed by atoms with Gasteiger partial charge in [-0.25, -0.2) is 4.98 Å². The Morgan fingerprint density at radius 3 is 3.07 bits per heavy atom. The standard InChI is InChI=1S/C9H13ClN4/c1-2-5-3-4-6-7(10)13-9(11)14-8(6)12-5/h5H,2-4H2,1H3,(H3,11,12,13,14). The van der Waals surface area contributed by atoms with E-state index >= 15 is 0 Å². The van der Waals surface area contributed by atoms with E-state index in [1.807, 2.05) is 0 Å². The number of anilines is 2. The van der Waals surface area contributed by atoms with Crippen LogP contribution >= 0.6 is 11.6 Å². The van der Waals surface area contributed by atoms with Gasteiger partial charge in [0.15, 0.2) is 0 Å². The van der Waals surface area contributed by atoms with E-state index in [-0.39, 0.29) is 5.95 Å². The maximum absolute atomic E-state index is 5.97. The number of nitrogen functional groups attached to an aromatic ring is 1. The Hall–Kier alpha value is -1.03. The third-order valence-corrected chi connectivity index (χ3v) is 2.86. The monoisotopic (exact) mass is 212 g/mol. The molecule has 0 radical (unpaired) electrons. The van der Waals surface area contributed by atoms with Gasteiger partial charge in [0.2, 0.25) is 5.95 Å². The summed E-state index contributed by atoms with van der Waals surface area (Å²) < 4.78 is 0. The number of hydrogen-bond acceptors (Lipinski definition) is 4. The Morgan fingerprint density at radius 2 is 2.36 bits per heavy atom. The maximum Gasteiger partial charge on any atom is 0.223 e. The zero-order valence-electron chi connectivity index (χ0n) is 8.05. The van der Waals surface area contributed by atoms with Gasteiger partial charge in [-0.3, -0.25) is 0 Å². The largest absolute Gasteiger partial charge is 0.368 e. The third kappa shape index (κ3) is 1.62. The van der Waals surface area contributed by atoms with E-state index in [1.54, 1.807) is 0 Å². The van der Waals surface area contributed by atoms with Crippen molar-refractivity contribution in [2.45, 2.75) is 32.2 Å². The van der Waals surface area contributed by atoms with Crippen LogP contribution in [0.2, 0.25) is 5.15 Å². The molecular formula is C9H13ClN4. The predicted molar refractivity (Wildman–Crippen MR) is 57.5 cm³/mol. The number of fused-ring (bicyclic) bond motifs is 1. The number of hydrogen-bond donors (Lipinski definition) is 2. The van der Waals surface area contributed by atoms with Gasteiger partial charge in [0, 0.05) is 11.6 Å². The van der Waals surface area contributed by atoms with Gasteiger partial charge in [-0.15, -0.1) is 0 Å². The Labute approximate surface area is 87.9 Å². The first-order valence-electron chi connectivity index (χ1n) is 4.79. The second-order valence-electron chi connectivity index (χ2n) is 3.49. The summed E-state index contributed by atoms with van der Waals surface area (Å²) in [7, 11) is 0. The minimum atomic E-state index is 0.234. The highest BCUT2D eigenvalue weighted by Crippen LogP contribution is 2.29. The van der Waals surface area contributed by atoms with Gasteiger partial charge >= 0.3 is 0 Å². The number of nitrogens with one attached hydrogen (secondary N) is 1. The predicted octanol–water partition coefficient (Wildman–Crippen LogP) is 1.85. The summed E-state index contributed by atoms with van der Waals surface area (Å²) in [5, 5.41) is 3.79. The molecule has 14 heavy (non-hydrogen) atoms. The second-order valence-corrected chi connectivity index (χ2v) is 3.85. The van der Waals surface area contributed by atoms with Gasteiger partial charge in [-0.05, 0) is 19.3 Å². The highest BCUT2D eigenvalue weighted by molar-refractivity contribution is 6.30. The quantitative estimate of drug-likeness (QED) is 0.698. The fraction of sp³-hybridized carbons (Fsp3) is 0.556. The van der Waals surface area contributed by atoms with Crippen molar-refractivity contribution < 1.29 is 0 Å². The van der Waals surface area contributed by atoms with Crippen LogP contribution in [0.25, 0.3) is 0 Å². The van der Waals surface area contributed by atoms with Crippen LogP contribution in [0.3, 0.4) is 0 Å². The molecule has 0 amide bonds. The smallest absolute Gasteiger partial charge is 0.223 e. The minimum Gasteiger partial charge on any atom is -0.368 e. The SMILES string of the molecule is CCC1CCc2c(Cl)nc(N)nc2N1. The van der Waals surface area contributed by atoms with Crippen molar-refractivity contribution in [3.8, 4) is 0 Å². The fourth-order valence-electron chi connectivity index (χ4n) is 1.70. The molecule has 2 heterocycles. The van der Waals surface area contributed by atoms with Crippen molar-refractivity contribution in [2.24, 2.45) is 0 Å². The Morgan fingerprint density at radius 1 is 1.57 bits per heavy atom. The molecule has 0 aliphatic carbocycles. The zero-order valence-corrected chi connectivity index (χ0v) is 8.80. The number of halogens is 1. The van der Waals surface area contributed by atoms with Gasteiger partial charge < -0.3 is 11.1 Å². The van der Waals surface area contributed by atoms with Gasteiger partial charge in [-0.2, -0.15) is 4.98 Å². The highest BCUT2D eigenvalue weighted by atomic mass is 35.5. The first kappa shape index (κ1) is 9.52. The molecule has 1 unspecified atom stereocenters. The van der Waals surface area contributed by atoms with Gasteiger partial charge in [0.05, 0.1) is 0 Å². The third-order valence-electron chi connectivity index (χ3n) is 2.55. The topological polar surface area (TPSA) is 63.8 Å². The maximum atomic E-state index is 5.97. The lowest BCUT2D eigenvalue weighted by atomic mass is 10.0. The van der Waals surface area contributed by atoms with Crippen LogP contribution in [-0.2, 0) is 6.42 Å². The molecule has 1 aliphatic rings. The van der Waals surface area contributed by atoms with E-state index in [9.17, 15) is 0 Å². The molecular weight excluding hydrogens is 200 g/mol. The lowest BCUT2D eigenvalue weighted by Gasteiger charge is -2.25. The van der Waals surface area contributed by atoms with E-state index in [0.29, 0.717) is 11.2 Å². The van der Waals surface area contributed by atoms with Crippen molar-refractivity contribution in [1.82, 2.24) is 9.97 Å². The molecule has 1 aromatic rings. The van der Waals surface area contributed by atoms with Crippen LogP contribution in [0.4, 0.5) is 11.8 Å². The fourth-order valence-corrected chi connectivity index (χ4v) is 1.97. The first-order valence-corrected chi connectivity index (χ1v) is 5.17. The van der Waals surface area contributed by atoms with E-state index in [4.69, 9.17) is 17.3 Å². The molecule has 1 atom stereocenters. The summed E-state index contributed by atoms with van der Waals surface area (Å²) in [5.74, 6) is 1.04. The summed E-state index contributed by atoms with van der Waals surface area (Å²) in [4.78, 5) is 8.07. The van der Waals surface area contributed by atoms with Crippen molar-refractivity contribution in [1.29, 1.82) is 0 Å². The van der Waals surface area contributed by atoms with Crippen LogP contribution in [0.1, 0.15) is 25.3 Å². The second kappa shape index (κ2) is 3.61. The normalized spacial score (nSPS) is 20.0. The van der Waals surface area contributed by atoms with E-state index in [0.717, 1.165) is 30.6 Å². The van der Waals surface area contributed by atoms with Crippen LogP contribution in [0.15, 0.2) is 0 Å². The summed E-state index contributed by atoms with van der Waals surface area (Å²) >= 11 is 5.97. The molecule has 5 heteroatoms. The Balaban J connectivity index is 2.37. The van der Waals surface area contributed by atoms with Crippen molar-refractivity contribution in [3.05, 3.63) is 10.7 Å². The molecule has 0 bridgehead atoms. The number of rotatable bonds is 1. The van der Waals surface area contributed by atoms with Crippen LogP contribution in [-0.4, -0.2) is 16.0 Å². The van der Waals surface area contributed by atoms with E-state index in [2.05, 4.69) is 22.2 Å². The lowest BCUT2D eigenvalue weighted by Crippen LogP contribution is -2.26. The summed E-state index contributed by atoms with van der Waals surface area (Å²) in [6.07, 6.45) is 3.09.